The van der Waals surface area contributed by atoms with Crippen molar-refractivity contribution in [2.45, 2.75) is 33.0 Å². The predicted molar refractivity (Wildman–Crippen MR) is 127 cm³/mol. The Labute approximate surface area is 189 Å². The number of amides is 1. The van der Waals surface area contributed by atoms with Gasteiger partial charge in [0.05, 0.1) is 5.69 Å². The van der Waals surface area contributed by atoms with Crippen LogP contribution in [0.4, 0.5) is 5.82 Å². The second-order valence-corrected chi connectivity index (χ2v) is 8.54. The first kappa shape index (κ1) is 20.6. The highest BCUT2D eigenvalue weighted by Gasteiger charge is 2.29. The molecule has 6 nitrogen and oxygen atoms in total. The van der Waals surface area contributed by atoms with Crippen molar-refractivity contribution >= 4 is 22.5 Å². The molecule has 3 heterocycles. The lowest BCUT2D eigenvalue weighted by Crippen LogP contribution is -2.49. The molecule has 0 atom stereocenters. The van der Waals surface area contributed by atoms with Gasteiger partial charge in [-0.25, -0.2) is 9.97 Å². The number of anilines is 1. The van der Waals surface area contributed by atoms with E-state index in [0.717, 1.165) is 56.5 Å². The summed E-state index contributed by atoms with van der Waals surface area (Å²) in [6.45, 7) is 11.3. The molecule has 2 aliphatic heterocycles. The van der Waals surface area contributed by atoms with Crippen molar-refractivity contribution in [3.63, 3.8) is 0 Å². The summed E-state index contributed by atoms with van der Waals surface area (Å²) in [5, 5.41) is 2.59. The summed E-state index contributed by atoms with van der Waals surface area (Å²) < 4.78 is 0. The Bertz CT molecular complexity index is 1160. The van der Waals surface area contributed by atoms with Crippen LogP contribution in [0, 0.1) is 0 Å². The Balaban J connectivity index is 1.38. The molecule has 1 amide bonds. The number of carbonyl (C=O) groups excluding carboxylic acids is 1. The summed E-state index contributed by atoms with van der Waals surface area (Å²) in [4.78, 5) is 28.4. The fraction of sp³-hybridized carbons (Fsp3) is 0.346. The van der Waals surface area contributed by atoms with Gasteiger partial charge in [-0.05, 0) is 22.4 Å². The Kier molecular flexibility index (Phi) is 5.62. The number of carbonyl (C=O) groups is 1. The molecule has 164 valence electrons. The second-order valence-electron chi connectivity index (χ2n) is 8.54. The van der Waals surface area contributed by atoms with E-state index in [1.807, 2.05) is 4.90 Å². The van der Waals surface area contributed by atoms with Crippen LogP contribution >= 0.6 is 0 Å². The molecule has 2 aromatic carbocycles. The van der Waals surface area contributed by atoms with Crippen molar-refractivity contribution in [1.82, 2.24) is 19.8 Å². The minimum absolute atomic E-state index is 0.00748. The average molecular weight is 428 g/mol. The highest BCUT2D eigenvalue weighted by atomic mass is 16.2. The third-order valence-electron chi connectivity index (χ3n) is 6.53. The van der Waals surface area contributed by atoms with Crippen LogP contribution in [0.3, 0.4) is 0 Å². The summed E-state index contributed by atoms with van der Waals surface area (Å²) in [6, 6.07) is 15.1. The topological polar surface area (TPSA) is 52.6 Å². The number of hydrogen-bond acceptors (Lipinski definition) is 5. The molecule has 1 aromatic heterocycles. The minimum atomic E-state index is 0.00748. The average Bonchev–Trinajstić information content (AvgIpc) is 3.25. The molecule has 1 fully saturated rings. The number of benzene rings is 2. The fourth-order valence-electron chi connectivity index (χ4n) is 4.82. The molecule has 6 heteroatoms. The van der Waals surface area contributed by atoms with E-state index in [4.69, 9.17) is 9.97 Å². The number of fused-ring (bicyclic) bond motifs is 2. The Morgan fingerprint density at radius 2 is 1.81 bits per heavy atom. The molecule has 2 aliphatic rings. The Hall–Kier alpha value is -3.25. The lowest BCUT2D eigenvalue weighted by molar-refractivity contribution is -0.126. The Morgan fingerprint density at radius 3 is 2.59 bits per heavy atom. The molecule has 0 aliphatic carbocycles. The summed E-state index contributed by atoms with van der Waals surface area (Å²) >= 11 is 0. The number of aromatic nitrogens is 2. The van der Waals surface area contributed by atoms with Gasteiger partial charge in [-0.15, -0.1) is 0 Å². The monoisotopic (exact) mass is 427 g/mol. The number of piperazine rings is 1. The van der Waals surface area contributed by atoms with Gasteiger partial charge in [0, 0.05) is 57.8 Å². The zero-order valence-electron chi connectivity index (χ0n) is 18.6. The minimum Gasteiger partial charge on any atom is -0.353 e. The van der Waals surface area contributed by atoms with Gasteiger partial charge >= 0.3 is 0 Å². The van der Waals surface area contributed by atoms with Gasteiger partial charge in [-0.3, -0.25) is 9.69 Å². The van der Waals surface area contributed by atoms with Gasteiger partial charge in [0.15, 0.2) is 0 Å². The van der Waals surface area contributed by atoms with Crippen molar-refractivity contribution in [1.29, 1.82) is 0 Å². The van der Waals surface area contributed by atoms with Crippen molar-refractivity contribution in [2.24, 2.45) is 0 Å². The van der Waals surface area contributed by atoms with E-state index in [9.17, 15) is 4.79 Å². The second kappa shape index (κ2) is 8.71. The van der Waals surface area contributed by atoms with E-state index in [0.29, 0.717) is 13.1 Å². The van der Waals surface area contributed by atoms with Gasteiger partial charge < -0.3 is 9.80 Å². The maximum absolute atomic E-state index is 12.0. The zero-order chi connectivity index (χ0) is 22.1. The van der Waals surface area contributed by atoms with Crippen LogP contribution in [0.2, 0.25) is 0 Å². The van der Waals surface area contributed by atoms with Crippen LogP contribution < -0.4 is 4.90 Å². The molecule has 0 bridgehead atoms. The molecule has 0 unspecified atom stereocenters. The highest BCUT2D eigenvalue weighted by Crippen LogP contribution is 2.32. The van der Waals surface area contributed by atoms with Crippen molar-refractivity contribution in [3.8, 4) is 0 Å². The number of hydrogen-bond donors (Lipinski definition) is 0. The van der Waals surface area contributed by atoms with Gasteiger partial charge in [0.1, 0.15) is 11.6 Å². The van der Waals surface area contributed by atoms with Crippen LogP contribution in [0.15, 0.2) is 55.1 Å². The van der Waals surface area contributed by atoms with Crippen LogP contribution in [-0.4, -0.2) is 51.9 Å². The highest BCUT2D eigenvalue weighted by molar-refractivity contribution is 5.87. The van der Waals surface area contributed by atoms with Gasteiger partial charge in [-0.2, -0.15) is 0 Å². The maximum atomic E-state index is 12.0. The molecular weight excluding hydrogens is 398 g/mol. The van der Waals surface area contributed by atoms with Crippen LogP contribution in [0.1, 0.15) is 29.6 Å². The SMILES string of the molecule is C=CC(=O)N1CCN(c2nc(CC)nc3c2CN(Cc2cccc4ccccc24)C3)CC1. The van der Waals surface area contributed by atoms with Gasteiger partial charge in [0.25, 0.3) is 0 Å². The molecule has 3 aromatic rings. The lowest BCUT2D eigenvalue weighted by atomic mass is 10.0. The smallest absolute Gasteiger partial charge is 0.246 e. The number of nitrogens with zero attached hydrogens (tertiary/aromatic N) is 5. The molecular formula is C26H29N5O. The van der Waals surface area contributed by atoms with Crippen LogP contribution in [0.5, 0.6) is 0 Å². The first-order chi connectivity index (χ1) is 15.7. The predicted octanol–water partition coefficient (Wildman–Crippen LogP) is 3.54. The van der Waals surface area contributed by atoms with E-state index in [2.05, 4.69) is 65.8 Å². The van der Waals surface area contributed by atoms with Crippen molar-refractivity contribution < 1.29 is 4.79 Å². The third-order valence-corrected chi connectivity index (χ3v) is 6.53. The van der Waals surface area contributed by atoms with E-state index in [-0.39, 0.29) is 5.91 Å². The summed E-state index contributed by atoms with van der Waals surface area (Å²) in [6.07, 6.45) is 2.22. The lowest BCUT2D eigenvalue weighted by Gasteiger charge is -2.35. The molecule has 0 radical (unpaired) electrons. The third kappa shape index (κ3) is 3.86. The van der Waals surface area contributed by atoms with E-state index < -0.39 is 0 Å². The fourth-order valence-corrected chi connectivity index (χ4v) is 4.82. The molecule has 0 N–H and O–H groups in total. The zero-order valence-corrected chi connectivity index (χ0v) is 18.6. The van der Waals surface area contributed by atoms with Crippen LogP contribution in [-0.2, 0) is 30.8 Å². The Morgan fingerprint density at radius 1 is 1.03 bits per heavy atom. The van der Waals surface area contributed by atoms with Gasteiger partial charge in [-0.1, -0.05) is 56.0 Å². The molecule has 5 rings (SSSR count). The van der Waals surface area contributed by atoms with Crippen molar-refractivity contribution in [2.75, 3.05) is 31.1 Å². The molecule has 32 heavy (non-hydrogen) atoms. The van der Waals surface area contributed by atoms with Gasteiger partial charge in [0.2, 0.25) is 5.91 Å². The molecule has 0 spiro atoms. The quantitative estimate of drug-likeness (QED) is 0.583. The molecule has 1 saturated heterocycles. The first-order valence-corrected chi connectivity index (χ1v) is 11.4. The number of rotatable bonds is 5. The van der Waals surface area contributed by atoms with Crippen molar-refractivity contribution in [3.05, 3.63) is 77.8 Å². The largest absolute Gasteiger partial charge is 0.353 e. The summed E-state index contributed by atoms with van der Waals surface area (Å²) in [5.41, 5.74) is 3.74. The number of aryl methyl sites for hydroxylation is 1. The van der Waals surface area contributed by atoms with E-state index >= 15 is 0 Å². The normalized spacial score (nSPS) is 16.4. The standard InChI is InChI=1S/C26H29N5O/c1-3-24-27-23-18-29(16-20-10-7-9-19-8-5-6-11-21(19)20)17-22(23)26(28-24)31-14-12-30(13-15-31)25(32)4-2/h4-11H,2-3,12-18H2,1H3. The first-order valence-electron chi connectivity index (χ1n) is 11.4. The van der Waals surface area contributed by atoms with E-state index in [1.54, 1.807) is 0 Å². The maximum Gasteiger partial charge on any atom is 0.246 e. The summed E-state index contributed by atoms with van der Waals surface area (Å²) in [5.74, 6) is 1.96. The molecule has 0 saturated carbocycles. The summed E-state index contributed by atoms with van der Waals surface area (Å²) in [7, 11) is 0. The van der Waals surface area contributed by atoms with E-state index in [1.165, 1.54) is 28.0 Å². The van der Waals surface area contributed by atoms with Crippen LogP contribution in [0.25, 0.3) is 10.8 Å².